The fraction of sp³-hybridized carbons (Fsp3) is 0.368. The van der Waals surface area contributed by atoms with Crippen LogP contribution < -0.4 is 0 Å². The van der Waals surface area contributed by atoms with E-state index in [1.807, 2.05) is 26.0 Å². The molecule has 1 aromatic carbocycles. The topological polar surface area (TPSA) is 34.1 Å². The van der Waals surface area contributed by atoms with Gasteiger partial charge < -0.3 is 0 Å². The first-order valence-electron chi connectivity index (χ1n) is 7.03. The van der Waals surface area contributed by atoms with E-state index in [0.717, 1.165) is 22.3 Å². The van der Waals surface area contributed by atoms with Gasteiger partial charge in [-0.2, -0.15) is 0 Å². The fourth-order valence-electron chi connectivity index (χ4n) is 3.12. The Morgan fingerprint density at radius 3 is 2.38 bits per heavy atom. The maximum Gasteiger partial charge on any atom is 0.152 e. The first kappa shape index (κ1) is 15.1. The lowest BCUT2D eigenvalue weighted by Gasteiger charge is -2.15. The standard InChI is InChI=1S/C19H18O2/c1-5-7-14-9-12(3)17(13(4)10-14)18-16(20)11-15(8-6-2)19(18)21/h2,9-10,15,18H,8,11H2,1,3-4H3. The Kier molecular flexibility index (Phi) is 4.29. The van der Waals surface area contributed by atoms with Crippen LogP contribution in [0.5, 0.6) is 0 Å². The Morgan fingerprint density at radius 1 is 1.24 bits per heavy atom. The van der Waals surface area contributed by atoms with Gasteiger partial charge in [-0.25, -0.2) is 0 Å². The molecule has 1 saturated carbocycles. The van der Waals surface area contributed by atoms with Crippen molar-refractivity contribution in [3.8, 4) is 24.2 Å². The highest BCUT2D eigenvalue weighted by Crippen LogP contribution is 2.37. The summed E-state index contributed by atoms with van der Waals surface area (Å²) in [6, 6.07) is 3.88. The lowest BCUT2D eigenvalue weighted by Crippen LogP contribution is -2.17. The minimum atomic E-state index is -0.646. The van der Waals surface area contributed by atoms with E-state index in [9.17, 15) is 9.59 Å². The number of hydrogen-bond acceptors (Lipinski definition) is 2. The van der Waals surface area contributed by atoms with Crippen LogP contribution in [0.1, 0.15) is 47.9 Å². The lowest BCUT2D eigenvalue weighted by molar-refractivity contribution is -0.124. The van der Waals surface area contributed by atoms with Crippen LogP contribution in [-0.2, 0) is 9.59 Å². The van der Waals surface area contributed by atoms with Gasteiger partial charge in [0.25, 0.3) is 0 Å². The average molecular weight is 278 g/mol. The second-order valence-electron chi connectivity index (χ2n) is 5.51. The molecule has 2 unspecified atom stereocenters. The molecule has 0 saturated heterocycles. The summed E-state index contributed by atoms with van der Waals surface area (Å²) < 4.78 is 0. The third-order valence-electron chi connectivity index (χ3n) is 3.97. The summed E-state index contributed by atoms with van der Waals surface area (Å²) in [5.41, 5.74) is 3.64. The van der Waals surface area contributed by atoms with E-state index in [1.54, 1.807) is 6.92 Å². The van der Waals surface area contributed by atoms with Crippen molar-refractivity contribution in [1.82, 2.24) is 0 Å². The quantitative estimate of drug-likeness (QED) is 0.615. The number of Topliss-reactive ketones (excluding diaryl/α,β-unsaturated/α-hetero) is 2. The van der Waals surface area contributed by atoms with Crippen molar-refractivity contribution in [1.29, 1.82) is 0 Å². The van der Waals surface area contributed by atoms with Crippen LogP contribution in [0.4, 0.5) is 0 Å². The lowest BCUT2D eigenvalue weighted by atomic mass is 9.86. The molecule has 0 heterocycles. The average Bonchev–Trinajstić information content (AvgIpc) is 2.67. The Bertz CT molecular complexity index is 684. The SMILES string of the molecule is C#CCC1CC(=O)C(c2c(C)cc(C#CC)cc2C)C1=O. The van der Waals surface area contributed by atoms with E-state index >= 15 is 0 Å². The van der Waals surface area contributed by atoms with Crippen molar-refractivity contribution < 1.29 is 9.59 Å². The molecule has 1 aliphatic carbocycles. The molecule has 2 atom stereocenters. The molecule has 0 spiro atoms. The molecule has 0 bridgehead atoms. The zero-order chi connectivity index (χ0) is 15.6. The molecule has 0 radical (unpaired) electrons. The summed E-state index contributed by atoms with van der Waals surface area (Å²) in [4.78, 5) is 24.7. The zero-order valence-electron chi connectivity index (χ0n) is 12.6. The number of ketones is 2. The molecule has 2 nitrogen and oxygen atoms in total. The second kappa shape index (κ2) is 5.98. The van der Waals surface area contributed by atoms with Crippen LogP contribution in [0, 0.1) is 44.0 Å². The summed E-state index contributed by atoms with van der Waals surface area (Å²) >= 11 is 0. The summed E-state index contributed by atoms with van der Waals surface area (Å²) in [6.07, 6.45) is 5.90. The third-order valence-corrected chi connectivity index (χ3v) is 3.97. The van der Waals surface area contributed by atoms with Gasteiger partial charge >= 0.3 is 0 Å². The van der Waals surface area contributed by atoms with Crippen LogP contribution in [0.25, 0.3) is 0 Å². The van der Waals surface area contributed by atoms with Gasteiger partial charge in [0.1, 0.15) is 11.7 Å². The van der Waals surface area contributed by atoms with Crippen molar-refractivity contribution in [2.75, 3.05) is 0 Å². The predicted molar refractivity (Wildman–Crippen MR) is 82.8 cm³/mol. The van der Waals surface area contributed by atoms with Gasteiger partial charge in [-0.05, 0) is 49.6 Å². The maximum absolute atomic E-state index is 12.5. The van der Waals surface area contributed by atoms with Crippen LogP contribution >= 0.6 is 0 Å². The van der Waals surface area contributed by atoms with Crippen molar-refractivity contribution in [3.05, 3.63) is 34.4 Å². The number of benzene rings is 1. The first-order chi connectivity index (χ1) is 9.99. The molecule has 0 aromatic heterocycles. The molecule has 106 valence electrons. The molecule has 1 aromatic rings. The smallest absolute Gasteiger partial charge is 0.152 e. The van der Waals surface area contributed by atoms with Gasteiger partial charge in [-0.1, -0.05) is 5.92 Å². The van der Waals surface area contributed by atoms with Gasteiger partial charge in [0.05, 0.1) is 0 Å². The van der Waals surface area contributed by atoms with Gasteiger partial charge in [0.2, 0.25) is 0 Å². The van der Waals surface area contributed by atoms with E-state index in [4.69, 9.17) is 6.42 Å². The minimum Gasteiger partial charge on any atom is -0.298 e. The molecule has 0 N–H and O–H groups in total. The molecule has 0 amide bonds. The van der Waals surface area contributed by atoms with Gasteiger partial charge in [0, 0.05) is 24.3 Å². The van der Waals surface area contributed by atoms with E-state index in [1.165, 1.54) is 0 Å². The molecule has 0 aliphatic heterocycles. The summed E-state index contributed by atoms with van der Waals surface area (Å²) in [7, 11) is 0. The highest BCUT2D eigenvalue weighted by Gasteiger charge is 2.42. The molecule has 2 rings (SSSR count). The van der Waals surface area contributed by atoms with Crippen molar-refractivity contribution in [3.63, 3.8) is 0 Å². The minimum absolute atomic E-state index is 0.0132. The molecule has 1 fully saturated rings. The molecule has 21 heavy (non-hydrogen) atoms. The summed E-state index contributed by atoms with van der Waals surface area (Å²) in [5.74, 6) is 7.36. The van der Waals surface area contributed by atoms with E-state index in [2.05, 4.69) is 17.8 Å². The largest absolute Gasteiger partial charge is 0.298 e. The molecular weight excluding hydrogens is 260 g/mol. The highest BCUT2D eigenvalue weighted by atomic mass is 16.2. The Balaban J connectivity index is 2.47. The van der Waals surface area contributed by atoms with Gasteiger partial charge in [-0.15, -0.1) is 18.3 Å². The van der Waals surface area contributed by atoms with E-state index in [0.29, 0.717) is 6.42 Å². The van der Waals surface area contributed by atoms with Crippen molar-refractivity contribution in [2.45, 2.75) is 39.5 Å². The maximum atomic E-state index is 12.5. The van der Waals surface area contributed by atoms with Crippen LogP contribution in [0.15, 0.2) is 12.1 Å². The summed E-state index contributed by atoms with van der Waals surface area (Å²) in [5, 5.41) is 0. The van der Waals surface area contributed by atoms with Crippen molar-refractivity contribution >= 4 is 11.6 Å². The molecule has 2 heteroatoms. The molecular formula is C19H18O2. The van der Waals surface area contributed by atoms with Gasteiger partial charge in [0.15, 0.2) is 5.78 Å². The highest BCUT2D eigenvalue weighted by molar-refractivity contribution is 6.15. The number of carbonyl (C=O) groups is 2. The fourth-order valence-corrected chi connectivity index (χ4v) is 3.12. The second-order valence-corrected chi connectivity index (χ2v) is 5.51. The normalized spacial score (nSPS) is 20.9. The van der Waals surface area contributed by atoms with E-state index in [-0.39, 0.29) is 23.9 Å². The Morgan fingerprint density at radius 2 is 1.86 bits per heavy atom. The predicted octanol–water partition coefficient (Wildman–Crippen LogP) is 2.94. The third kappa shape index (κ3) is 2.76. The van der Waals surface area contributed by atoms with Crippen LogP contribution in [0.2, 0.25) is 0 Å². The van der Waals surface area contributed by atoms with Gasteiger partial charge in [-0.3, -0.25) is 9.59 Å². The van der Waals surface area contributed by atoms with Crippen molar-refractivity contribution in [2.24, 2.45) is 5.92 Å². The number of aryl methyl sites for hydroxylation is 2. The molecule has 1 aliphatic rings. The monoisotopic (exact) mass is 278 g/mol. The number of carbonyl (C=O) groups excluding carboxylic acids is 2. The first-order valence-corrected chi connectivity index (χ1v) is 7.03. The van der Waals surface area contributed by atoms with E-state index < -0.39 is 5.92 Å². The number of hydrogen-bond donors (Lipinski definition) is 0. The summed E-state index contributed by atoms with van der Waals surface area (Å²) in [6.45, 7) is 5.64. The Labute approximate surface area is 125 Å². The number of terminal acetylenes is 1. The Hall–Kier alpha value is -2.32. The number of rotatable bonds is 2. The van der Waals surface area contributed by atoms with Crippen LogP contribution in [0.3, 0.4) is 0 Å². The van der Waals surface area contributed by atoms with Crippen LogP contribution in [-0.4, -0.2) is 11.6 Å². The zero-order valence-corrected chi connectivity index (χ0v) is 12.6.